The van der Waals surface area contributed by atoms with E-state index in [2.05, 4.69) is 27.1 Å². The fraction of sp³-hybridized carbons (Fsp3) is 0.280. The Morgan fingerprint density at radius 2 is 1.69 bits per heavy atom. The number of urea groups is 1. The molecule has 2 aromatic carbocycles. The minimum atomic E-state index is -0.342. The number of carbonyl (C=O) groups excluding carboxylic acids is 1. The number of rotatable bonds is 5. The van der Waals surface area contributed by atoms with Crippen molar-refractivity contribution in [2.45, 2.75) is 13.5 Å². The van der Waals surface area contributed by atoms with Crippen LogP contribution in [0, 0.1) is 12.7 Å². The molecule has 0 aliphatic carbocycles. The van der Waals surface area contributed by atoms with E-state index in [1.807, 2.05) is 49.5 Å². The van der Waals surface area contributed by atoms with E-state index in [4.69, 9.17) is 0 Å². The number of amides is 2. The Balaban J connectivity index is 1.51. The highest BCUT2D eigenvalue weighted by atomic mass is 19.1. The lowest BCUT2D eigenvalue weighted by Gasteiger charge is -2.33. The van der Waals surface area contributed by atoms with Gasteiger partial charge < -0.3 is 15.1 Å². The molecule has 0 saturated carbocycles. The maximum Gasteiger partial charge on any atom is 0.326 e. The van der Waals surface area contributed by atoms with E-state index < -0.39 is 0 Å². The molecule has 6 nitrogen and oxygen atoms in total. The van der Waals surface area contributed by atoms with Gasteiger partial charge in [-0.2, -0.15) is 0 Å². The van der Waals surface area contributed by atoms with Gasteiger partial charge in [0.25, 0.3) is 0 Å². The zero-order valence-corrected chi connectivity index (χ0v) is 18.5. The number of aromatic nitrogens is 1. The predicted molar refractivity (Wildman–Crippen MR) is 127 cm³/mol. The number of benzene rings is 2. The number of nitrogens with zero attached hydrogens (tertiary/aromatic N) is 4. The molecule has 0 spiro atoms. The highest BCUT2D eigenvalue weighted by Gasteiger charge is 2.19. The quantitative estimate of drug-likeness (QED) is 0.643. The highest BCUT2D eigenvalue weighted by molar-refractivity contribution is 6.01. The number of nitrogens with one attached hydrogen (secondary N) is 1. The third kappa shape index (κ3) is 5.42. The number of halogens is 1. The normalized spacial score (nSPS) is 14.3. The molecule has 3 aromatic rings. The van der Waals surface area contributed by atoms with Gasteiger partial charge in [0.1, 0.15) is 11.6 Å². The molecule has 1 N–H and O–H groups in total. The zero-order valence-electron chi connectivity index (χ0n) is 18.5. The summed E-state index contributed by atoms with van der Waals surface area (Å²) in [6.45, 7) is 6.24. The molecule has 1 aliphatic heterocycles. The Hall–Kier alpha value is -3.45. The average molecular weight is 434 g/mol. The maximum absolute atomic E-state index is 13.5. The molecule has 0 unspecified atom stereocenters. The fourth-order valence-corrected chi connectivity index (χ4v) is 3.64. The number of hydrogen-bond donors (Lipinski definition) is 1. The molecule has 7 heteroatoms. The van der Waals surface area contributed by atoms with Crippen LogP contribution in [0.15, 0.2) is 66.9 Å². The molecule has 1 aromatic heterocycles. The molecule has 1 fully saturated rings. The number of carbonyl (C=O) groups is 1. The van der Waals surface area contributed by atoms with Gasteiger partial charge in [0.2, 0.25) is 0 Å². The van der Waals surface area contributed by atoms with Crippen LogP contribution in [0.4, 0.5) is 26.4 Å². The summed E-state index contributed by atoms with van der Waals surface area (Å²) in [4.78, 5) is 23.9. The van der Waals surface area contributed by atoms with Gasteiger partial charge >= 0.3 is 6.03 Å². The van der Waals surface area contributed by atoms with Gasteiger partial charge in [-0.15, -0.1) is 0 Å². The van der Waals surface area contributed by atoms with Crippen LogP contribution in [0.2, 0.25) is 0 Å². The second kappa shape index (κ2) is 9.78. The monoisotopic (exact) mass is 433 g/mol. The van der Waals surface area contributed by atoms with Gasteiger partial charge in [0.05, 0.1) is 6.54 Å². The van der Waals surface area contributed by atoms with Crippen molar-refractivity contribution in [2.75, 3.05) is 48.3 Å². The summed E-state index contributed by atoms with van der Waals surface area (Å²) >= 11 is 0. The first-order valence-electron chi connectivity index (χ1n) is 10.8. The van der Waals surface area contributed by atoms with Crippen molar-refractivity contribution in [3.8, 4) is 0 Å². The number of aryl methyl sites for hydroxylation is 1. The Kier molecular flexibility index (Phi) is 6.66. The molecule has 2 heterocycles. The van der Waals surface area contributed by atoms with Crippen LogP contribution in [-0.2, 0) is 6.54 Å². The molecule has 166 valence electrons. The average Bonchev–Trinajstić information content (AvgIpc) is 2.81. The lowest BCUT2D eigenvalue weighted by Crippen LogP contribution is -2.44. The lowest BCUT2D eigenvalue weighted by atomic mass is 10.2. The SMILES string of the molecule is Cc1ccc(NC(=O)N(Cc2ccc(N3CCN(C)CC3)nc2)c2ccc(F)cc2)cc1. The van der Waals surface area contributed by atoms with Crippen molar-refractivity contribution >= 4 is 23.2 Å². The first kappa shape index (κ1) is 21.8. The van der Waals surface area contributed by atoms with Crippen molar-refractivity contribution in [3.05, 3.63) is 83.8 Å². The topological polar surface area (TPSA) is 51.7 Å². The van der Waals surface area contributed by atoms with E-state index in [0.29, 0.717) is 17.9 Å². The predicted octanol–water partition coefficient (Wildman–Crippen LogP) is 4.52. The summed E-state index contributed by atoms with van der Waals surface area (Å²) in [6, 6.07) is 17.3. The van der Waals surface area contributed by atoms with Gasteiger partial charge in [0.15, 0.2) is 0 Å². The fourth-order valence-electron chi connectivity index (χ4n) is 3.64. The third-order valence-corrected chi connectivity index (χ3v) is 5.66. The summed E-state index contributed by atoms with van der Waals surface area (Å²) < 4.78 is 13.5. The second-order valence-electron chi connectivity index (χ2n) is 8.17. The first-order chi connectivity index (χ1) is 15.5. The summed E-state index contributed by atoms with van der Waals surface area (Å²) in [5.74, 6) is 0.602. The highest BCUT2D eigenvalue weighted by Crippen LogP contribution is 2.21. The van der Waals surface area contributed by atoms with E-state index in [1.54, 1.807) is 17.0 Å². The first-order valence-corrected chi connectivity index (χ1v) is 10.8. The van der Waals surface area contributed by atoms with Gasteiger partial charge in [-0.1, -0.05) is 23.8 Å². The molecule has 32 heavy (non-hydrogen) atoms. The summed E-state index contributed by atoms with van der Waals surface area (Å²) in [7, 11) is 2.12. The Labute approximate surface area is 188 Å². The van der Waals surface area contributed by atoms with Gasteiger partial charge in [-0.3, -0.25) is 4.90 Å². The van der Waals surface area contributed by atoms with E-state index >= 15 is 0 Å². The molecule has 0 bridgehead atoms. The molecule has 1 saturated heterocycles. The van der Waals surface area contributed by atoms with Gasteiger partial charge in [0, 0.05) is 43.8 Å². The molecular weight excluding hydrogens is 405 g/mol. The maximum atomic E-state index is 13.5. The van der Waals surface area contributed by atoms with Crippen molar-refractivity contribution in [3.63, 3.8) is 0 Å². The third-order valence-electron chi connectivity index (χ3n) is 5.66. The summed E-state index contributed by atoms with van der Waals surface area (Å²) in [5.41, 5.74) is 3.33. The van der Waals surface area contributed by atoms with Gasteiger partial charge in [-0.25, -0.2) is 14.2 Å². The Morgan fingerprint density at radius 3 is 2.31 bits per heavy atom. The van der Waals surface area contributed by atoms with Crippen molar-refractivity contribution in [1.82, 2.24) is 9.88 Å². The lowest BCUT2D eigenvalue weighted by molar-refractivity contribution is 0.256. The summed E-state index contributed by atoms with van der Waals surface area (Å²) in [5, 5.41) is 2.93. The molecule has 0 radical (unpaired) electrons. The number of hydrogen-bond acceptors (Lipinski definition) is 4. The van der Waals surface area contributed by atoms with E-state index in [1.165, 1.54) is 12.1 Å². The number of pyridine rings is 1. The molecule has 4 rings (SSSR count). The van der Waals surface area contributed by atoms with Gasteiger partial charge in [-0.05, 0) is 62.0 Å². The van der Waals surface area contributed by atoms with E-state index in [0.717, 1.165) is 43.1 Å². The van der Waals surface area contributed by atoms with Crippen LogP contribution in [0.3, 0.4) is 0 Å². The van der Waals surface area contributed by atoms with Crippen LogP contribution >= 0.6 is 0 Å². The standard InChI is InChI=1S/C25H28FN5O/c1-19-3-8-22(9-4-19)28-25(32)31(23-10-6-21(26)7-11-23)18-20-5-12-24(27-17-20)30-15-13-29(2)14-16-30/h3-12,17H,13-16,18H2,1-2H3,(H,28,32). The smallest absolute Gasteiger partial charge is 0.326 e. The van der Waals surface area contributed by atoms with E-state index in [9.17, 15) is 9.18 Å². The largest absolute Gasteiger partial charge is 0.354 e. The van der Waals surface area contributed by atoms with Crippen LogP contribution < -0.4 is 15.1 Å². The molecular formula is C25H28FN5O. The minimum absolute atomic E-state index is 0.288. The molecule has 2 amide bonds. The molecule has 1 aliphatic rings. The number of piperazine rings is 1. The summed E-state index contributed by atoms with van der Waals surface area (Å²) in [6.07, 6.45) is 1.81. The van der Waals surface area contributed by atoms with E-state index in [-0.39, 0.29) is 11.8 Å². The minimum Gasteiger partial charge on any atom is -0.354 e. The van der Waals surface area contributed by atoms with Crippen LogP contribution in [-0.4, -0.2) is 49.1 Å². The van der Waals surface area contributed by atoms with Crippen LogP contribution in [0.1, 0.15) is 11.1 Å². The van der Waals surface area contributed by atoms with Crippen molar-refractivity contribution in [1.29, 1.82) is 0 Å². The van der Waals surface area contributed by atoms with Crippen LogP contribution in [0.5, 0.6) is 0 Å². The zero-order chi connectivity index (χ0) is 22.5. The van der Waals surface area contributed by atoms with Crippen molar-refractivity contribution in [2.24, 2.45) is 0 Å². The van der Waals surface area contributed by atoms with Crippen LogP contribution in [0.25, 0.3) is 0 Å². The molecule has 0 atom stereocenters. The second-order valence-corrected chi connectivity index (χ2v) is 8.17. The number of anilines is 3. The Morgan fingerprint density at radius 1 is 1.00 bits per heavy atom. The van der Waals surface area contributed by atoms with Crippen molar-refractivity contribution < 1.29 is 9.18 Å². The number of likely N-dealkylation sites (N-methyl/N-ethyl adjacent to an activating group) is 1. The Bertz CT molecular complexity index is 1030.